The molecule has 0 aliphatic heterocycles. The van der Waals surface area contributed by atoms with Crippen molar-refractivity contribution in [2.45, 2.75) is 51.1 Å². The number of rotatable bonds is 6. The van der Waals surface area contributed by atoms with Gasteiger partial charge in [0.25, 0.3) is 0 Å². The molecule has 2 N–H and O–H groups in total. The van der Waals surface area contributed by atoms with Crippen molar-refractivity contribution in [2.24, 2.45) is 0 Å². The first-order chi connectivity index (χ1) is 12.5. The molecule has 6 heteroatoms. The number of hydrogen-bond acceptors (Lipinski definition) is 4. The number of furan rings is 1. The van der Waals surface area contributed by atoms with E-state index in [0.29, 0.717) is 6.54 Å². The summed E-state index contributed by atoms with van der Waals surface area (Å²) in [4.78, 5) is 25.9. The molecule has 1 aromatic heterocycles. The molecule has 3 amide bonds. The molecule has 1 atom stereocenters. The summed E-state index contributed by atoms with van der Waals surface area (Å²) >= 11 is 0. The van der Waals surface area contributed by atoms with Crippen LogP contribution in [-0.2, 0) is 4.79 Å². The zero-order chi connectivity index (χ0) is 18.5. The highest BCUT2D eigenvalue weighted by Gasteiger charge is 2.20. The van der Waals surface area contributed by atoms with Gasteiger partial charge in [-0.3, -0.25) is 15.0 Å². The summed E-state index contributed by atoms with van der Waals surface area (Å²) in [6, 6.07) is 9.80. The van der Waals surface area contributed by atoms with Crippen LogP contribution in [0.1, 0.15) is 50.8 Å². The molecule has 1 fully saturated rings. The molecule has 0 bridgehead atoms. The van der Waals surface area contributed by atoms with Gasteiger partial charge in [0.05, 0.1) is 6.04 Å². The van der Waals surface area contributed by atoms with Crippen LogP contribution in [0.25, 0.3) is 11.0 Å². The Bertz CT molecular complexity index is 732. The summed E-state index contributed by atoms with van der Waals surface area (Å²) in [6.07, 6.45) is 4.55. The van der Waals surface area contributed by atoms with Crippen LogP contribution in [0.15, 0.2) is 34.7 Å². The van der Waals surface area contributed by atoms with Crippen molar-refractivity contribution in [1.82, 2.24) is 15.5 Å². The van der Waals surface area contributed by atoms with E-state index in [1.54, 1.807) is 0 Å². The Hall–Kier alpha value is -2.34. The number of urea groups is 1. The molecule has 1 saturated carbocycles. The van der Waals surface area contributed by atoms with Crippen LogP contribution >= 0.6 is 0 Å². The van der Waals surface area contributed by atoms with Crippen molar-refractivity contribution in [3.63, 3.8) is 0 Å². The second-order valence-corrected chi connectivity index (χ2v) is 7.10. The topological polar surface area (TPSA) is 74.6 Å². The lowest BCUT2D eigenvalue weighted by atomic mass is 10.2. The number of hydrogen-bond donors (Lipinski definition) is 2. The largest absolute Gasteiger partial charge is 0.459 e. The molecule has 0 spiro atoms. The van der Waals surface area contributed by atoms with E-state index in [4.69, 9.17) is 4.42 Å². The van der Waals surface area contributed by atoms with E-state index < -0.39 is 0 Å². The first kappa shape index (κ1) is 18.5. The summed E-state index contributed by atoms with van der Waals surface area (Å²) in [5.74, 6) is 0.609. The third kappa shape index (κ3) is 4.64. The minimum Gasteiger partial charge on any atom is -0.459 e. The molecule has 3 rings (SSSR count). The Balaban J connectivity index is 1.45. The summed E-state index contributed by atoms with van der Waals surface area (Å²) in [6.45, 7) is 2.59. The predicted molar refractivity (Wildman–Crippen MR) is 101 cm³/mol. The average Bonchev–Trinajstić information content (AvgIpc) is 3.27. The normalized spacial score (nSPS) is 16.1. The summed E-state index contributed by atoms with van der Waals surface area (Å²) in [5, 5.41) is 6.36. The molecule has 1 aromatic carbocycles. The van der Waals surface area contributed by atoms with Gasteiger partial charge < -0.3 is 9.73 Å². The summed E-state index contributed by atoms with van der Waals surface area (Å²) in [5.41, 5.74) is 0.865. The second kappa shape index (κ2) is 8.36. The number of carbonyl (C=O) groups is 2. The highest BCUT2D eigenvalue weighted by molar-refractivity contribution is 5.94. The summed E-state index contributed by atoms with van der Waals surface area (Å²) < 4.78 is 5.89. The van der Waals surface area contributed by atoms with Crippen molar-refractivity contribution in [3.05, 3.63) is 36.1 Å². The Labute approximate surface area is 153 Å². The van der Waals surface area contributed by atoms with Gasteiger partial charge in [-0.25, -0.2) is 4.79 Å². The number of nitrogens with zero attached hydrogens (tertiary/aromatic N) is 1. The molecule has 2 aromatic rings. The van der Waals surface area contributed by atoms with Crippen LogP contribution < -0.4 is 10.6 Å². The maximum atomic E-state index is 12.0. The van der Waals surface area contributed by atoms with Crippen LogP contribution in [0.4, 0.5) is 4.79 Å². The lowest BCUT2D eigenvalue weighted by molar-refractivity contribution is -0.120. The Kier molecular flexibility index (Phi) is 5.93. The smallest absolute Gasteiger partial charge is 0.321 e. The van der Waals surface area contributed by atoms with Crippen LogP contribution in [0.3, 0.4) is 0 Å². The van der Waals surface area contributed by atoms with Gasteiger partial charge in [-0.1, -0.05) is 31.0 Å². The van der Waals surface area contributed by atoms with Gasteiger partial charge in [-0.15, -0.1) is 0 Å². The molecule has 1 aliphatic carbocycles. The number of carbonyl (C=O) groups excluding carboxylic acids is 2. The summed E-state index contributed by atoms with van der Waals surface area (Å²) in [7, 11) is 1.95. The third-order valence-electron chi connectivity index (χ3n) is 5.15. The van der Waals surface area contributed by atoms with Gasteiger partial charge in [-0.2, -0.15) is 0 Å². The standard InChI is InChI=1S/C20H27N3O3/c1-14(18-13-15-7-3-6-10-17(15)26-18)23(2)12-11-19(24)22-20(25)21-16-8-4-5-9-16/h3,6-7,10,13-14,16H,4-5,8-9,11-12H2,1-2H3,(H2,21,22,24,25)/t14-/m0/s1. The monoisotopic (exact) mass is 357 g/mol. The predicted octanol–water partition coefficient (Wildman–Crippen LogP) is 3.58. The van der Waals surface area contributed by atoms with Gasteiger partial charge in [-0.05, 0) is 38.9 Å². The fourth-order valence-electron chi connectivity index (χ4n) is 3.38. The molecule has 6 nitrogen and oxygen atoms in total. The van der Waals surface area contributed by atoms with Crippen molar-refractivity contribution in [1.29, 1.82) is 0 Å². The van der Waals surface area contributed by atoms with Gasteiger partial charge in [0.15, 0.2) is 0 Å². The van der Waals surface area contributed by atoms with Crippen LogP contribution in [-0.4, -0.2) is 36.5 Å². The maximum Gasteiger partial charge on any atom is 0.321 e. The quantitative estimate of drug-likeness (QED) is 0.829. The van der Waals surface area contributed by atoms with Crippen molar-refractivity contribution in [2.75, 3.05) is 13.6 Å². The van der Waals surface area contributed by atoms with E-state index in [2.05, 4.69) is 10.6 Å². The van der Waals surface area contributed by atoms with E-state index in [0.717, 1.165) is 42.4 Å². The fraction of sp³-hybridized carbons (Fsp3) is 0.500. The molecule has 1 aliphatic rings. The van der Waals surface area contributed by atoms with E-state index >= 15 is 0 Å². The number of imide groups is 1. The molecular weight excluding hydrogens is 330 g/mol. The zero-order valence-corrected chi connectivity index (χ0v) is 15.5. The van der Waals surface area contributed by atoms with Crippen LogP contribution in [0.5, 0.6) is 0 Å². The van der Waals surface area contributed by atoms with E-state index in [-0.39, 0.29) is 30.4 Å². The van der Waals surface area contributed by atoms with Gasteiger partial charge in [0.1, 0.15) is 11.3 Å². The van der Waals surface area contributed by atoms with Gasteiger partial charge in [0.2, 0.25) is 5.91 Å². The highest BCUT2D eigenvalue weighted by atomic mass is 16.3. The van der Waals surface area contributed by atoms with E-state index in [1.807, 2.05) is 49.2 Å². The minimum atomic E-state index is -0.380. The van der Waals surface area contributed by atoms with Crippen molar-refractivity contribution in [3.8, 4) is 0 Å². The third-order valence-corrected chi connectivity index (χ3v) is 5.15. The number of amides is 3. The molecule has 1 heterocycles. The van der Waals surface area contributed by atoms with Crippen LogP contribution in [0.2, 0.25) is 0 Å². The molecule has 26 heavy (non-hydrogen) atoms. The maximum absolute atomic E-state index is 12.0. The SMILES string of the molecule is C[C@@H](c1cc2ccccc2o1)N(C)CCC(=O)NC(=O)NC1CCCC1. The fourth-order valence-corrected chi connectivity index (χ4v) is 3.38. The molecule has 0 saturated heterocycles. The minimum absolute atomic E-state index is 0.0440. The highest BCUT2D eigenvalue weighted by Crippen LogP contribution is 2.26. The van der Waals surface area contributed by atoms with Gasteiger partial charge in [0, 0.05) is 24.4 Å². The first-order valence-electron chi connectivity index (χ1n) is 9.32. The number of fused-ring (bicyclic) bond motifs is 1. The van der Waals surface area contributed by atoms with E-state index in [9.17, 15) is 9.59 Å². The van der Waals surface area contributed by atoms with E-state index in [1.165, 1.54) is 0 Å². The molecule has 0 unspecified atom stereocenters. The van der Waals surface area contributed by atoms with Crippen molar-refractivity contribution >= 4 is 22.9 Å². The number of nitrogens with one attached hydrogen (secondary N) is 2. The molecule has 0 radical (unpaired) electrons. The molecular formula is C20H27N3O3. The number of benzene rings is 1. The van der Waals surface area contributed by atoms with Gasteiger partial charge >= 0.3 is 6.03 Å². The first-order valence-corrected chi connectivity index (χ1v) is 9.32. The Morgan fingerprint density at radius 2 is 2.00 bits per heavy atom. The second-order valence-electron chi connectivity index (χ2n) is 7.10. The Morgan fingerprint density at radius 3 is 2.73 bits per heavy atom. The lowest BCUT2D eigenvalue weighted by Gasteiger charge is -2.22. The molecule has 140 valence electrons. The average molecular weight is 357 g/mol. The van der Waals surface area contributed by atoms with Crippen molar-refractivity contribution < 1.29 is 14.0 Å². The lowest BCUT2D eigenvalue weighted by Crippen LogP contribution is -2.44. The zero-order valence-electron chi connectivity index (χ0n) is 15.5. The van der Waals surface area contributed by atoms with Crippen LogP contribution in [0, 0.1) is 0 Å². The number of para-hydroxylation sites is 1. The Morgan fingerprint density at radius 1 is 1.27 bits per heavy atom.